The van der Waals surface area contributed by atoms with Gasteiger partial charge in [0.25, 0.3) is 0 Å². The van der Waals surface area contributed by atoms with Crippen molar-refractivity contribution in [3.8, 4) is 0 Å². The van der Waals surface area contributed by atoms with Gasteiger partial charge in [0.2, 0.25) is 0 Å². The van der Waals surface area contributed by atoms with Crippen LogP contribution < -0.4 is 11.5 Å². The highest BCUT2D eigenvalue weighted by Crippen LogP contribution is 1.54. The minimum Gasteiger partial charge on any atom is -0.478 e. The summed E-state index contributed by atoms with van der Waals surface area (Å²) in [5, 5.41) is 7.60. The van der Waals surface area contributed by atoms with E-state index in [4.69, 9.17) is 9.90 Å². The number of carbonyl (C=O) groups is 2. The summed E-state index contributed by atoms with van der Waals surface area (Å²) >= 11 is 0. The Hall–Kier alpha value is -1.52. The lowest BCUT2D eigenvalue weighted by Crippen LogP contribution is -2.18. The molecule has 5 N–H and O–H groups in total. The molecule has 9 heavy (non-hydrogen) atoms. The van der Waals surface area contributed by atoms with E-state index in [-0.39, 0.29) is 1.43 Å². The molecule has 0 bridgehead atoms. The second-order valence-electron chi connectivity index (χ2n) is 0.945. The molecule has 0 aliphatic carbocycles. The summed E-state index contributed by atoms with van der Waals surface area (Å²) < 4.78 is 0. The van der Waals surface area contributed by atoms with Gasteiger partial charge in [0, 0.05) is 7.50 Å². The van der Waals surface area contributed by atoms with Crippen LogP contribution in [0.25, 0.3) is 0 Å². The molecule has 0 saturated heterocycles. The van der Waals surface area contributed by atoms with Gasteiger partial charge < -0.3 is 16.6 Å². The Bertz CT molecular complexity index is 122. The maximum atomic E-state index is 9.25. The van der Waals surface area contributed by atoms with Crippen LogP contribution in [0, 0.1) is 0 Å². The zero-order chi connectivity index (χ0) is 7.86. The molecule has 5 nitrogen and oxygen atoms in total. The number of aliphatic carboxylic acids is 1. The molecule has 2 amide bonds. The number of hydrogen-bond donors (Lipinski definition) is 3. The fourth-order valence-corrected chi connectivity index (χ4v) is 0. The third-order valence-electron chi connectivity index (χ3n) is 0.175. The van der Waals surface area contributed by atoms with E-state index in [0.29, 0.717) is 0 Å². The molecule has 0 aliphatic heterocycles. The predicted octanol–water partition coefficient (Wildman–Crippen LogP) is -0.473. The van der Waals surface area contributed by atoms with Crippen molar-refractivity contribution in [2.45, 2.75) is 0 Å². The van der Waals surface area contributed by atoms with Crippen LogP contribution in [-0.2, 0) is 4.79 Å². The standard InChI is InChI=1S/C3H4O2.CH4N2O.H2/c1-2-3(4)5;2-1(3)4;/h2H,1H2,(H,4,5);(H4,2,3,4);1H. The van der Waals surface area contributed by atoms with Crippen molar-refractivity contribution >= 4 is 12.0 Å². The van der Waals surface area contributed by atoms with Crippen molar-refractivity contribution in [2.24, 2.45) is 11.5 Å². The number of rotatable bonds is 1. The van der Waals surface area contributed by atoms with E-state index in [2.05, 4.69) is 18.0 Å². The Balaban J connectivity index is -0.0000000910. The molecule has 0 aromatic heterocycles. The molecular weight excluding hydrogens is 124 g/mol. The van der Waals surface area contributed by atoms with E-state index in [0.717, 1.165) is 6.08 Å². The van der Waals surface area contributed by atoms with Gasteiger partial charge in [0.05, 0.1) is 0 Å². The van der Waals surface area contributed by atoms with Crippen molar-refractivity contribution in [3.05, 3.63) is 12.7 Å². The molecule has 0 atom stereocenters. The third-order valence-corrected chi connectivity index (χ3v) is 0.175. The van der Waals surface area contributed by atoms with Crippen LogP contribution in [0.5, 0.6) is 0 Å². The fourth-order valence-electron chi connectivity index (χ4n) is 0. The molecule has 0 aromatic carbocycles. The molecule has 0 radical (unpaired) electrons. The SMILES string of the molecule is C=CC(=O)O.NC(N)=O.[HH]. The molecule has 54 valence electrons. The average molecular weight is 134 g/mol. The molecule has 0 unspecified atom stereocenters. The Morgan fingerprint density at radius 1 is 1.56 bits per heavy atom. The van der Waals surface area contributed by atoms with E-state index >= 15 is 0 Å². The second kappa shape index (κ2) is 6.48. The molecule has 0 fully saturated rings. The lowest BCUT2D eigenvalue weighted by atomic mass is 10.7. The first-order valence-electron chi connectivity index (χ1n) is 1.91. The topological polar surface area (TPSA) is 106 Å². The summed E-state index contributed by atoms with van der Waals surface area (Å²) in [6, 6.07) is -0.833. The zero-order valence-corrected chi connectivity index (χ0v) is 4.70. The first-order chi connectivity index (χ1) is 4.00. The van der Waals surface area contributed by atoms with E-state index in [1.165, 1.54) is 0 Å². The maximum absolute atomic E-state index is 9.25. The fraction of sp³-hybridized carbons (Fsp3) is 0. The van der Waals surface area contributed by atoms with Crippen molar-refractivity contribution in [1.29, 1.82) is 0 Å². The second-order valence-corrected chi connectivity index (χ2v) is 0.945. The van der Waals surface area contributed by atoms with E-state index in [1.807, 2.05) is 0 Å². The lowest BCUT2D eigenvalue weighted by molar-refractivity contribution is -0.131. The Morgan fingerprint density at radius 3 is 1.67 bits per heavy atom. The van der Waals surface area contributed by atoms with Crippen molar-refractivity contribution in [1.82, 2.24) is 0 Å². The molecule has 0 aromatic rings. The first-order valence-corrected chi connectivity index (χ1v) is 1.91. The smallest absolute Gasteiger partial charge is 0.327 e. The summed E-state index contributed by atoms with van der Waals surface area (Å²) in [5.41, 5.74) is 8.50. The van der Waals surface area contributed by atoms with Gasteiger partial charge in [-0.2, -0.15) is 0 Å². The van der Waals surface area contributed by atoms with Crippen LogP contribution in [0.15, 0.2) is 12.7 Å². The van der Waals surface area contributed by atoms with Gasteiger partial charge in [-0.05, 0) is 0 Å². The van der Waals surface area contributed by atoms with Crippen molar-refractivity contribution in [2.75, 3.05) is 0 Å². The van der Waals surface area contributed by atoms with Gasteiger partial charge in [-0.25, -0.2) is 9.59 Å². The quantitative estimate of drug-likeness (QED) is 0.422. The Morgan fingerprint density at radius 2 is 1.67 bits per heavy atom. The predicted molar refractivity (Wildman–Crippen MR) is 33.7 cm³/mol. The van der Waals surface area contributed by atoms with Gasteiger partial charge in [0.1, 0.15) is 0 Å². The Kier molecular flexibility index (Phi) is 7.53. The average Bonchev–Trinajstić information content (AvgIpc) is 1.65. The Labute approximate surface area is 53.4 Å². The minimum absolute atomic E-state index is 0. The van der Waals surface area contributed by atoms with E-state index in [1.54, 1.807) is 0 Å². The minimum atomic E-state index is -0.981. The highest BCUT2D eigenvalue weighted by atomic mass is 16.4. The molecule has 0 saturated carbocycles. The summed E-state index contributed by atoms with van der Waals surface area (Å²) in [7, 11) is 0. The van der Waals surface area contributed by atoms with E-state index in [9.17, 15) is 4.79 Å². The van der Waals surface area contributed by atoms with Crippen molar-refractivity contribution < 1.29 is 16.1 Å². The van der Waals surface area contributed by atoms with Crippen LogP contribution in [0.2, 0.25) is 0 Å². The molecular formula is C4H10N2O3. The molecule has 5 heteroatoms. The van der Waals surface area contributed by atoms with Crippen LogP contribution in [-0.4, -0.2) is 17.1 Å². The number of primary amides is 2. The number of urea groups is 1. The number of carboxylic acids is 1. The summed E-state index contributed by atoms with van der Waals surface area (Å²) in [6.45, 7) is 2.96. The summed E-state index contributed by atoms with van der Waals surface area (Å²) in [5.74, 6) is -0.981. The van der Waals surface area contributed by atoms with Gasteiger partial charge >= 0.3 is 12.0 Å². The van der Waals surface area contributed by atoms with Gasteiger partial charge in [-0.15, -0.1) is 0 Å². The highest BCUT2D eigenvalue weighted by molar-refractivity contribution is 5.78. The molecule has 0 heterocycles. The van der Waals surface area contributed by atoms with Crippen LogP contribution >= 0.6 is 0 Å². The van der Waals surface area contributed by atoms with Gasteiger partial charge in [0.15, 0.2) is 0 Å². The van der Waals surface area contributed by atoms with Crippen LogP contribution in [0.4, 0.5) is 4.79 Å². The molecule has 0 aliphatic rings. The van der Waals surface area contributed by atoms with Crippen LogP contribution in [0.3, 0.4) is 0 Å². The molecule has 0 rings (SSSR count). The van der Waals surface area contributed by atoms with Crippen molar-refractivity contribution in [3.63, 3.8) is 0 Å². The number of nitrogens with two attached hydrogens (primary N) is 2. The normalized spacial score (nSPS) is 6.22. The number of amides is 2. The van der Waals surface area contributed by atoms with Gasteiger partial charge in [-0.3, -0.25) is 0 Å². The lowest BCUT2D eigenvalue weighted by Gasteiger charge is -1.64. The number of carbonyl (C=O) groups excluding carboxylic acids is 1. The number of carboxylic acid groups (broad SMARTS) is 1. The summed E-state index contributed by atoms with van der Waals surface area (Å²) in [4.78, 5) is 18.2. The van der Waals surface area contributed by atoms with Crippen LogP contribution in [0.1, 0.15) is 1.43 Å². The summed E-state index contributed by atoms with van der Waals surface area (Å²) in [6.07, 6.45) is 0.833. The largest absolute Gasteiger partial charge is 0.478 e. The third kappa shape index (κ3) is 564. The zero-order valence-electron chi connectivity index (χ0n) is 4.70. The maximum Gasteiger partial charge on any atom is 0.327 e. The van der Waals surface area contributed by atoms with Gasteiger partial charge in [-0.1, -0.05) is 6.58 Å². The monoisotopic (exact) mass is 134 g/mol. The molecule has 0 spiro atoms. The first kappa shape index (κ1) is 10.5. The number of hydrogen-bond acceptors (Lipinski definition) is 2. The highest BCUT2D eigenvalue weighted by Gasteiger charge is 1.73. The van der Waals surface area contributed by atoms with E-state index < -0.39 is 12.0 Å².